The Kier molecular flexibility index (Phi) is 3.48. The van der Waals surface area contributed by atoms with Gasteiger partial charge in [-0.1, -0.05) is 0 Å². The fourth-order valence-electron chi connectivity index (χ4n) is 1.22. The first-order valence-corrected chi connectivity index (χ1v) is 5.84. The molecule has 0 bridgehead atoms. The molecule has 0 saturated carbocycles. The molecule has 0 spiro atoms. The molecule has 0 aromatic carbocycles. The zero-order valence-electron chi connectivity index (χ0n) is 8.86. The van der Waals surface area contributed by atoms with Gasteiger partial charge < -0.3 is 0 Å². The van der Waals surface area contributed by atoms with E-state index in [1.165, 1.54) is 0 Å². The Labute approximate surface area is 89.1 Å². The highest BCUT2D eigenvalue weighted by Gasteiger charge is 2.23. The van der Waals surface area contributed by atoms with Crippen LogP contribution in [0.5, 0.6) is 0 Å². The van der Waals surface area contributed by atoms with Crippen molar-refractivity contribution < 1.29 is 21.7 Å². The van der Waals surface area contributed by atoms with Gasteiger partial charge in [0.2, 0.25) is 6.33 Å². The van der Waals surface area contributed by atoms with Gasteiger partial charge in [0, 0.05) is 0 Å². The second-order valence-corrected chi connectivity index (χ2v) is 4.54. The van der Waals surface area contributed by atoms with Gasteiger partial charge in [-0.3, -0.25) is 4.55 Å². The highest BCUT2D eigenvalue weighted by atomic mass is 32.3. The van der Waals surface area contributed by atoms with Crippen LogP contribution in [0.3, 0.4) is 0 Å². The number of nitrogens with zero attached hydrogens (tertiary/aromatic N) is 2. The summed E-state index contributed by atoms with van der Waals surface area (Å²) in [5.74, 6) is 0. The lowest BCUT2D eigenvalue weighted by atomic mass is 10.2. The first-order chi connectivity index (χ1) is 6.79. The number of hydrogen-bond donors (Lipinski definition) is 1. The summed E-state index contributed by atoms with van der Waals surface area (Å²) in [6.07, 6.45) is 4.80. The molecule has 0 fully saturated rings. The maximum Gasteiger partial charge on any atom is 0.397 e. The Morgan fingerprint density at radius 1 is 1.47 bits per heavy atom. The standard InChI is InChI=1S/C8H14N2O4S/c1-7(8(2)14-15(11,12)13)10-5-4-9(3)6-10/h4-8H,1-3H3/p+1. The molecule has 0 radical (unpaired) electrons. The van der Waals surface area contributed by atoms with Crippen LogP contribution in [-0.4, -0.2) is 23.6 Å². The van der Waals surface area contributed by atoms with Gasteiger partial charge in [0.15, 0.2) is 0 Å². The number of rotatable bonds is 4. The van der Waals surface area contributed by atoms with Crippen LogP contribution in [0.15, 0.2) is 18.7 Å². The Bertz CT molecular complexity index is 426. The average molecular weight is 235 g/mol. The highest BCUT2D eigenvalue weighted by molar-refractivity contribution is 7.80. The number of hydrogen-bond acceptors (Lipinski definition) is 3. The molecule has 2 atom stereocenters. The maximum atomic E-state index is 10.5. The molecular weight excluding hydrogens is 220 g/mol. The summed E-state index contributed by atoms with van der Waals surface area (Å²) in [6.45, 7) is 3.38. The Morgan fingerprint density at radius 3 is 2.47 bits per heavy atom. The Hall–Kier alpha value is -0.920. The van der Waals surface area contributed by atoms with E-state index in [0.717, 1.165) is 0 Å². The van der Waals surface area contributed by atoms with Crippen molar-refractivity contribution in [1.82, 2.24) is 4.57 Å². The Morgan fingerprint density at radius 2 is 2.07 bits per heavy atom. The smallest absolute Gasteiger partial charge is 0.264 e. The first kappa shape index (κ1) is 12.2. The lowest BCUT2D eigenvalue weighted by Gasteiger charge is -2.15. The summed E-state index contributed by atoms with van der Waals surface area (Å²) in [5.41, 5.74) is 0. The van der Waals surface area contributed by atoms with Crippen LogP contribution < -0.4 is 4.57 Å². The molecule has 2 unspecified atom stereocenters. The van der Waals surface area contributed by atoms with Gasteiger partial charge >= 0.3 is 10.4 Å². The van der Waals surface area contributed by atoms with Crippen molar-refractivity contribution in [3.05, 3.63) is 18.7 Å². The predicted octanol–water partition coefficient (Wildman–Crippen LogP) is 0.0815. The monoisotopic (exact) mass is 235 g/mol. The molecule has 1 heterocycles. The van der Waals surface area contributed by atoms with E-state index in [2.05, 4.69) is 4.18 Å². The van der Waals surface area contributed by atoms with E-state index in [0.29, 0.717) is 0 Å². The van der Waals surface area contributed by atoms with Crippen molar-refractivity contribution in [1.29, 1.82) is 0 Å². The SMILES string of the molecule is CC(OS(=O)(=O)O)C(C)n1cc[n+](C)c1. The molecule has 86 valence electrons. The van der Waals surface area contributed by atoms with Gasteiger partial charge in [0.05, 0.1) is 7.05 Å². The third-order valence-electron chi connectivity index (χ3n) is 2.21. The molecule has 15 heavy (non-hydrogen) atoms. The van der Waals surface area contributed by atoms with Crippen LogP contribution in [0.1, 0.15) is 19.9 Å². The number of imidazole rings is 1. The summed E-state index contributed by atoms with van der Waals surface area (Å²) < 4.78 is 37.6. The molecule has 0 aliphatic rings. The lowest BCUT2D eigenvalue weighted by molar-refractivity contribution is -0.671. The molecule has 0 saturated heterocycles. The van der Waals surface area contributed by atoms with E-state index >= 15 is 0 Å². The highest BCUT2D eigenvalue weighted by Crippen LogP contribution is 2.14. The minimum absolute atomic E-state index is 0.187. The van der Waals surface area contributed by atoms with Gasteiger partial charge in [-0.05, 0) is 13.8 Å². The zero-order chi connectivity index (χ0) is 11.6. The molecule has 1 aromatic rings. The number of aromatic nitrogens is 2. The summed E-state index contributed by atoms with van der Waals surface area (Å²) in [4.78, 5) is 0. The van der Waals surface area contributed by atoms with Crippen molar-refractivity contribution >= 4 is 10.4 Å². The minimum Gasteiger partial charge on any atom is -0.264 e. The van der Waals surface area contributed by atoms with E-state index in [4.69, 9.17) is 4.55 Å². The van der Waals surface area contributed by atoms with Crippen molar-refractivity contribution in [3.63, 3.8) is 0 Å². The minimum atomic E-state index is -4.39. The van der Waals surface area contributed by atoms with Crippen molar-refractivity contribution in [2.24, 2.45) is 7.05 Å². The molecular formula is C8H15N2O4S+. The summed E-state index contributed by atoms with van der Waals surface area (Å²) in [6, 6.07) is -0.187. The summed E-state index contributed by atoms with van der Waals surface area (Å²) in [5, 5.41) is 0. The average Bonchev–Trinajstić information content (AvgIpc) is 2.47. The van der Waals surface area contributed by atoms with Crippen LogP contribution >= 0.6 is 0 Å². The molecule has 1 rings (SSSR count). The van der Waals surface area contributed by atoms with E-state index in [9.17, 15) is 8.42 Å². The van der Waals surface area contributed by atoms with Crippen molar-refractivity contribution in [2.45, 2.75) is 26.0 Å². The molecule has 7 heteroatoms. The normalized spacial score (nSPS) is 16.3. The van der Waals surface area contributed by atoms with E-state index in [1.807, 2.05) is 17.8 Å². The largest absolute Gasteiger partial charge is 0.397 e. The second-order valence-electron chi connectivity index (χ2n) is 3.50. The maximum absolute atomic E-state index is 10.5. The molecule has 0 aliphatic heterocycles. The van der Waals surface area contributed by atoms with Crippen molar-refractivity contribution in [3.8, 4) is 0 Å². The van der Waals surface area contributed by atoms with Gasteiger partial charge in [-0.15, -0.1) is 0 Å². The number of aryl methyl sites for hydroxylation is 1. The van der Waals surface area contributed by atoms with E-state index < -0.39 is 16.5 Å². The summed E-state index contributed by atoms with van der Waals surface area (Å²) >= 11 is 0. The van der Waals surface area contributed by atoms with E-state index in [-0.39, 0.29) is 6.04 Å². The summed E-state index contributed by atoms with van der Waals surface area (Å²) in [7, 11) is -2.53. The first-order valence-electron chi connectivity index (χ1n) is 4.48. The van der Waals surface area contributed by atoms with Crippen LogP contribution in [0, 0.1) is 0 Å². The van der Waals surface area contributed by atoms with Gasteiger partial charge in [0.25, 0.3) is 0 Å². The quantitative estimate of drug-likeness (QED) is 0.592. The van der Waals surface area contributed by atoms with Gasteiger partial charge in [0.1, 0.15) is 24.5 Å². The van der Waals surface area contributed by atoms with Crippen LogP contribution in [0.2, 0.25) is 0 Å². The van der Waals surface area contributed by atoms with Crippen LogP contribution in [0.4, 0.5) is 0 Å². The molecule has 0 amide bonds. The predicted molar refractivity (Wildman–Crippen MR) is 52.4 cm³/mol. The molecule has 1 aromatic heterocycles. The fourth-order valence-corrected chi connectivity index (χ4v) is 1.77. The van der Waals surface area contributed by atoms with Gasteiger partial charge in [-0.25, -0.2) is 13.3 Å². The molecule has 0 aliphatic carbocycles. The van der Waals surface area contributed by atoms with Crippen LogP contribution in [0.25, 0.3) is 0 Å². The molecule has 6 nitrogen and oxygen atoms in total. The fraction of sp³-hybridized carbons (Fsp3) is 0.625. The molecule has 1 N–H and O–H groups in total. The lowest BCUT2D eigenvalue weighted by Crippen LogP contribution is -2.27. The van der Waals surface area contributed by atoms with E-state index in [1.54, 1.807) is 30.9 Å². The van der Waals surface area contributed by atoms with Crippen LogP contribution in [-0.2, 0) is 21.6 Å². The van der Waals surface area contributed by atoms with Crippen molar-refractivity contribution in [2.75, 3.05) is 0 Å². The zero-order valence-corrected chi connectivity index (χ0v) is 9.68. The topological polar surface area (TPSA) is 72.4 Å². The second kappa shape index (κ2) is 4.30. The third kappa shape index (κ3) is 3.61. The third-order valence-corrected chi connectivity index (χ3v) is 2.76. The van der Waals surface area contributed by atoms with Gasteiger partial charge in [-0.2, -0.15) is 8.42 Å². The Balaban J connectivity index is 2.73.